The number of nitrogens with zero attached hydrogens (tertiary/aromatic N) is 6. The van der Waals surface area contributed by atoms with Crippen LogP contribution in [0.3, 0.4) is 0 Å². The van der Waals surface area contributed by atoms with Crippen LogP contribution in [-0.2, 0) is 13.6 Å². The van der Waals surface area contributed by atoms with E-state index in [4.69, 9.17) is 0 Å². The molecule has 0 unspecified atom stereocenters. The van der Waals surface area contributed by atoms with Crippen LogP contribution in [0.1, 0.15) is 5.82 Å². The molecule has 0 amide bonds. The number of imidazole rings is 1. The first-order chi connectivity index (χ1) is 10.6. The topological polar surface area (TPSA) is 98.6 Å². The molecule has 110 valence electrons. The quantitative estimate of drug-likeness (QED) is 0.419. The highest BCUT2D eigenvalue weighted by Gasteiger charge is 2.07. The van der Waals surface area contributed by atoms with E-state index < -0.39 is 4.92 Å². The molecule has 0 saturated heterocycles. The summed E-state index contributed by atoms with van der Waals surface area (Å²) in [6.45, 7) is 0.309. The lowest BCUT2D eigenvalue weighted by molar-refractivity contribution is -0.385. The van der Waals surface area contributed by atoms with Crippen molar-refractivity contribution >= 4 is 22.5 Å². The van der Waals surface area contributed by atoms with Gasteiger partial charge in [0.1, 0.15) is 18.6 Å². The average Bonchev–Trinajstić information content (AvgIpc) is 2.85. The third-order valence-corrected chi connectivity index (χ3v) is 3.21. The Kier molecular flexibility index (Phi) is 3.57. The van der Waals surface area contributed by atoms with Crippen LogP contribution in [0.5, 0.6) is 0 Å². The Balaban J connectivity index is 1.75. The lowest BCUT2D eigenvalue weighted by atomic mass is 10.3. The van der Waals surface area contributed by atoms with Gasteiger partial charge in [0.15, 0.2) is 5.82 Å². The molecule has 0 bridgehead atoms. The number of para-hydroxylation sites is 2. The number of rotatable bonds is 4. The van der Waals surface area contributed by atoms with Crippen molar-refractivity contribution in [2.75, 3.05) is 0 Å². The first kappa shape index (κ1) is 13.8. The van der Waals surface area contributed by atoms with Gasteiger partial charge in [-0.3, -0.25) is 10.1 Å². The van der Waals surface area contributed by atoms with Crippen molar-refractivity contribution in [1.29, 1.82) is 0 Å². The summed E-state index contributed by atoms with van der Waals surface area (Å²) in [5, 5.41) is 18.5. The summed E-state index contributed by atoms with van der Waals surface area (Å²) in [5.41, 5.74) is 1.86. The zero-order chi connectivity index (χ0) is 15.5. The summed E-state index contributed by atoms with van der Waals surface area (Å²) in [5.74, 6) is 1.11. The maximum Gasteiger partial charge on any atom is 0.287 e. The van der Waals surface area contributed by atoms with Crippen molar-refractivity contribution < 1.29 is 4.92 Å². The van der Waals surface area contributed by atoms with Gasteiger partial charge in [0.2, 0.25) is 0 Å². The first-order valence-electron chi connectivity index (χ1n) is 6.53. The number of pyridine rings is 1. The zero-order valence-corrected chi connectivity index (χ0v) is 11.7. The Hall–Kier alpha value is -3.16. The fourth-order valence-electron chi connectivity index (χ4n) is 2.05. The highest BCUT2D eigenvalue weighted by molar-refractivity contribution is 5.75. The molecular formula is C14H12N6O2. The van der Waals surface area contributed by atoms with Gasteiger partial charge >= 0.3 is 0 Å². The molecule has 8 nitrogen and oxygen atoms in total. The molecule has 0 N–H and O–H groups in total. The van der Waals surface area contributed by atoms with Gasteiger partial charge in [0.25, 0.3) is 5.69 Å². The second-order valence-electron chi connectivity index (χ2n) is 4.61. The van der Waals surface area contributed by atoms with Gasteiger partial charge in [-0.15, -0.1) is 5.11 Å². The molecule has 2 heterocycles. The van der Waals surface area contributed by atoms with Crippen molar-refractivity contribution in [1.82, 2.24) is 14.5 Å². The number of nitro groups is 1. The lowest BCUT2D eigenvalue weighted by Gasteiger charge is -1.97. The summed E-state index contributed by atoms with van der Waals surface area (Å²) in [6, 6.07) is 10.6. The minimum Gasteiger partial charge on any atom is -0.329 e. The van der Waals surface area contributed by atoms with Crippen LogP contribution in [0.15, 0.2) is 52.8 Å². The molecular weight excluding hydrogens is 284 g/mol. The van der Waals surface area contributed by atoms with E-state index >= 15 is 0 Å². The second-order valence-corrected chi connectivity index (χ2v) is 4.61. The van der Waals surface area contributed by atoms with Crippen molar-refractivity contribution in [3.63, 3.8) is 0 Å². The minimum atomic E-state index is -0.507. The van der Waals surface area contributed by atoms with Gasteiger partial charge in [-0.25, -0.2) is 9.97 Å². The standard InChI is InChI=1S/C14H12N6O2/c1-19-12-5-3-2-4-11(12)17-14(19)9-16-18-13-7-6-10(8-15-13)20(21)22/h2-8H,9H2,1H3. The van der Waals surface area contributed by atoms with E-state index in [1.165, 1.54) is 12.1 Å². The van der Waals surface area contributed by atoms with E-state index in [2.05, 4.69) is 20.2 Å². The fraction of sp³-hybridized carbons (Fsp3) is 0.143. The van der Waals surface area contributed by atoms with Crippen LogP contribution in [0, 0.1) is 10.1 Å². The van der Waals surface area contributed by atoms with Crippen molar-refractivity contribution in [3.05, 3.63) is 58.5 Å². The van der Waals surface area contributed by atoms with Crippen molar-refractivity contribution in [2.45, 2.75) is 6.54 Å². The third-order valence-electron chi connectivity index (χ3n) is 3.21. The molecule has 2 aromatic heterocycles. The van der Waals surface area contributed by atoms with Crippen molar-refractivity contribution in [3.8, 4) is 0 Å². The first-order valence-corrected chi connectivity index (χ1v) is 6.53. The second kappa shape index (κ2) is 5.68. The molecule has 22 heavy (non-hydrogen) atoms. The predicted molar refractivity (Wildman–Crippen MR) is 79.8 cm³/mol. The molecule has 0 spiro atoms. The van der Waals surface area contributed by atoms with Crippen molar-refractivity contribution in [2.24, 2.45) is 17.3 Å². The predicted octanol–water partition coefficient (Wildman–Crippen LogP) is 3.16. The summed E-state index contributed by atoms with van der Waals surface area (Å²) in [6.07, 6.45) is 1.16. The lowest BCUT2D eigenvalue weighted by Crippen LogP contribution is -1.95. The number of hydrogen-bond acceptors (Lipinski definition) is 6. The van der Waals surface area contributed by atoms with Gasteiger partial charge in [0.05, 0.1) is 16.0 Å². The number of azo groups is 1. The number of hydrogen-bond donors (Lipinski definition) is 0. The molecule has 0 radical (unpaired) electrons. The van der Waals surface area contributed by atoms with Gasteiger partial charge in [-0.2, -0.15) is 5.11 Å². The molecule has 0 saturated carbocycles. The highest BCUT2D eigenvalue weighted by Crippen LogP contribution is 2.17. The molecule has 1 aromatic carbocycles. The minimum absolute atomic E-state index is 0.0747. The summed E-state index contributed by atoms with van der Waals surface area (Å²) >= 11 is 0. The zero-order valence-electron chi connectivity index (χ0n) is 11.7. The van der Waals surface area contributed by atoms with E-state index in [0.717, 1.165) is 23.1 Å². The van der Waals surface area contributed by atoms with Gasteiger partial charge in [-0.1, -0.05) is 12.1 Å². The molecule has 0 fully saturated rings. The Morgan fingerprint density at radius 1 is 1.27 bits per heavy atom. The Labute approximate surface area is 125 Å². The largest absolute Gasteiger partial charge is 0.329 e. The van der Waals surface area contributed by atoms with Gasteiger partial charge in [-0.05, 0) is 18.2 Å². The van der Waals surface area contributed by atoms with E-state index in [0.29, 0.717) is 12.4 Å². The molecule has 8 heteroatoms. The molecule has 0 aliphatic rings. The summed E-state index contributed by atoms with van der Waals surface area (Å²) < 4.78 is 1.96. The molecule has 3 rings (SSSR count). The van der Waals surface area contributed by atoms with Crippen LogP contribution in [0.2, 0.25) is 0 Å². The Morgan fingerprint density at radius 3 is 2.77 bits per heavy atom. The van der Waals surface area contributed by atoms with Crippen LogP contribution >= 0.6 is 0 Å². The third kappa shape index (κ3) is 2.66. The Morgan fingerprint density at radius 2 is 2.09 bits per heavy atom. The SMILES string of the molecule is Cn1c(CN=Nc2ccc([N+](=O)[O-])cn2)nc2ccccc21. The monoisotopic (exact) mass is 296 g/mol. The number of fused-ring (bicyclic) bond motifs is 1. The molecule has 3 aromatic rings. The molecule has 0 aliphatic heterocycles. The van der Waals surface area contributed by atoms with E-state index in [1.807, 2.05) is 35.9 Å². The molecule has 0 atom stereocenters. The van der Waals surface area contributed by atoms with Crippen LogP contribution < -0.4 is 0 Å². The number of aromatic nitrogens is 3. The van der Waals surface area contributed by atoms with Crippen LogP contribution in [0.4, 0.5) is 11.5 Å². The molecule has 0 aliphatic carbocycles. The van der Waals surface area contributed by atoms with Gasteiger partial charge in [0, 0.05) is 13.1 Å². The average molecular weight is 296 g/mol. The van der Waals surface area contributed by atoms with Gasteiger partial charge < -0.3 is 4.57 Å². The smallest absolute Gasteiger partial charge is 0.287 e. The van der Waals surface area contributed by atoms with Crippen LogP contribution in [-0.4, -0.2) is 19.5 Å². The van der Waals surface area contributed by atoms with E-state index in [-0.39, 0.29) is 5.69 Å². The number of benzene rings is 1. The summed E-state index contributed by atoms with van der Waals surface area (Å²) in [7, 11) is 1.92. The Bertz CT molecular complexity index is 853. The fourth-order valence-corrected chi connectivity index (χ4v) is 2.05. The maximum atomic E-state index is 10.5. The van der Waals surface area contributed by atoms with E-state index in [9.17, 15) is 10.1 Å². The maximum absolute atomic E-state index is 10.5. The number of aryl methyl sites for hydroxylation is 1. The highest BCUT2D eigenvalue weighted by atomic mass is 16.6. The normalized spacial score (nSPS) is 11.3. The van der Waals surface area contributed by atoms with E-state index in [1.54, 1.807) is 0 Å². The summed E-state index contributed by atoms with van der Waals surface area (Å²) in [4.78, 5) is 18.4. The van der Waals surface area contributed by atoms with Crippen LogP contribution in [0.25, 0.3) is 11.0 Å².